The minimum atomic E-state index is -0.385. The molecule has 0 spiro atoms. The van der Waals surface area contributed by atoms with E-state index in [1.165, 1.54) is 30.7 Å². The topological polar surface area (TPSA) is 86.5 Å². The molecule has 8 heteroatoms. The van der Waals surface area contributed by atoms with E-state index in [9.17, 15) is 4.79 Å². The molecule has 0 aromatic heterocycles. The predicted octanol–water partition coefficient (Wildman–Crippen LogP) is 5.95. The first kappa shape index (κ1) is 32.5. The highest BCUT2D eigenvalue weighted by Gasteiger charge is 2.21. The average Bonchev–Trinajstić information content (AvgIpc) is 3.28. The Bertz CT molecular complexity index is 830. The Balaban J connectivity index is 0. The van der Waals surface area contributed by atoms with Crippen LogP contribution >= 0.6 is 11.8 Å². The molecule has 2 radical (unpaired) electrons. The molecule has 180 valence electrons. The number of unbranched alkanes of at least 4 members (excludes halogenated alkanes) is 1. The second kappa shape index (κ2) is 20.0. The summed E-state index contributed by atoms with van der Waals surface area (Å²) < 4.78 is 5.39. The van der Waals surface area contributed by atoms with Crippen molar-refractivity contribution < 1.29 is 9.53 Å². The van der Waals surface area contributed by atoms with E-state index in [2.05, 4.69) is 42.3 Å². The Morgan fingerprint density at radius 3 is 2.30 bits per heavy atom. The second-order valence-corrected chi connectivity index (χ2v) is 7.15. The number of ether oxygens (including phenoxy) is 1. The van der Waals surface area contributed by atoms with Gasteiger partial charge in [-0.2, -0.15) is 10.4 Å². The Hall–Kier alpha value is -2.66. The van der Waals surface area contributed by atoms with Gasteiger partial charge in [-0.15, -0.1) is 0 Å². The molecule has 6 nitrogen and oxygen atoms in total. The number of nitrogens with one attached hydrogen (secondary N) is 2. The van der Waals surface area contributed by atoms with E-state index in [-0.39, 0.29) is 11.2 Å². The molecule has 0 bridgehead atoms. The van der Waals surface area contributed by atoms with Crippen molar-refractivity contribution in [2.75, 3.05) is 7.11 Å². The molecule has 2 rings (SSSR count). The van der Waals surface area contributed by atoms with E-state index >= 15 is 0 Å². The first-order chi connectivity index (χ1) is 15.9. The molecule has 1 heterocycles. The predicted molar refractivity (Wildman–Crippen MR) is 144 cm³/mol. The highest BCUT2D eigenvalue weighted by Crippen LogP contribution is 2.32. The Morgan fingerprint density at radius 2 is 1.91 bits per heavy atom. The highest BCUT2D eigenvalue weighted by molar-refractivity contribution is 8.15. The zero-order valence-corrected chi connectivity index (χ0v) is 22.2. The largest absolute Gasteiger partial charge is 0.496 e. The molecule has 2 N–H and O–H groups in total. The van der Waals surface area contributed by atoms with Crippen molar-refractivity contribution in [3.8, 4) is 11.8 Å². The van der Waals surface area contributed by atoms with Gasteiger partial charge in [0.05, 0.1) is 24.0 Å². The van der Waals surface area contributed by atoms with Gasteiger partial charge in [-0.25, -0.2) is 0 Å². The number of nitrogens with zero attached hydrogens (tertiary/aromatic N) is 2. The third-order valence-corrected chi connectivity index (χ3v) is 4.81. The van der Waals surface area contributed by atoms with E-state index < -0.39 is 0 Å². The van der Waals surface area contributed by atoms with Crippen molar-refractivity contribution >= 4 is 36.3 Å². The molecule has 0 fully saturated rings. The second-order valence-electron chi connectivity index (χ2n) is 6.02. The SMILES string of the molecule is CC.CC.CCCC.[B]C1NN=C(NC(=O)/C(C=C)=C(/CC)c2cc(C#N)ccc2OC)S1. The number of benzene rings is 1. The van der Waals surface area contributed by atoms with Gasteiger partial charge in [0.15, 0.2) is 5.17 Å². The molecule has 1 aliphatic heterocycles. The maximum Gasteiger partial charge on any atom is 0.257 e. The van der Waals surface area contributed by atoms with Crippen LogP contribution in [0.25, 0.3) is 5.57 Å². The molecule has 0 saturated carbocycles. The fourth-order valence-corrected chi connectivity index (χ4v) is 3.01. The number of carbonyl (C=O) groups is 1. The molecule has 0 aliphatic carbocycles. The zero-order valence-electron chi connectivity index (χ0n) is 21.4. The molecule has 1 aromatic rings. The number of methoxy groups -OCH3 is 1. The van der Waals surface area contributed by atoms with Gasteiger partial charge in [0, 0.05) is 11.1 Å². The number of amides is 1. The van der Waals surface area contributed by atoms with Gasteiger partial charge in [-0.3, -0.25) is 10.1 Å². The third-order valence-electron chi connectivity index (χ3n) is 4.03. The van der Waals surface area contributed by atoms with Crippen LogP contribution in [0.15, 0.2) is 41.5 Å². The number of hydrogen-bond acceptors (Lipinski definition) is 6. The van der Waals surface area contributed by atoms with Gasteiger partial charge in [0.1, 0.15) is 13.6 Å². The Labute approximate surface area is 206 Å². The summed E-state index contributed by atoms with van der Waals surface area (Å²) in [5.41, 5.74) is 4.94. The lowest BCUT2D eigenvalue weighted by Crippen LogP contribution is -2.29. The molecular formula is C25H39BN4O2S. The summed E-state index contributed by atoms with van der Waals surface area (Å²) in [5.74, 6) is 0.234. The first-order valence-electron chi connectivity index (χ1n) is 11.5. The Morgan fingerprint density at radius 1 is 1.30 bits per heavy atom. The maximum absolute atomic E-state index is 12.7. The van der Waals surface area contributed by atoms with Crippen LogP contribution in [0, 0.1) is 11.3 Å². The lowest BCUT2D eigenvalue weighted by Gasteiger charge is -2.15. The number of allylic oxidation sites excluding steroid dienone is 1. The van der Waals surface area contributed by atoms with Crippen LogP contribution in [0.2, 0.25) is 0 Å². The number of carbonyl (C=O) groups excluding carboxylic acids is 1. The number of thioether (sulfide) groups is 1. The lowest BCUT2D eigenvalue weighted by molar-refractivity contribution is -0.115. The van der Waals surface area contributed by atoms with E-state index in [0.717, 1.165) is 5.57 Å². The normalized spacial score (nSPS) is 14.0. The van der Waals surface area contributed by atoms with Crippen LogP contribution in [0.4, 0.5) is 0 Å². The summed E-state index contributed by atoms with van der Waals surface area (Å²) in [4.78, 5) is 12.7. The van der Waals surface area contributed by atoms with Crippen molar-refractivity contribution in [1.82, 2.24) is 10.7 Å². The molecule has 1 aliphatic rings. The van der Waals surface area contributed by atoms with Gasteiger partial charge >= 0.3 is 0 Å². The van der Waals surface area contributed by atoms with Crippen LogP contribution in [0.1, 0.15) is 78.9 Å². The fourth-order valence-electron chi connectivity index (χ4n) is 2.41. The van der Waals surface area contributed by atoms with Crippen LogP contribution in [0.5, 0.6) is 5.75 Å². The highest BCUT2D eigenvalue weighted by atomic mass is 32.2. The van der Waals surface area contributed by atoms with Crippen LogP contribution in [0.3, 0.4) is 0 Å². The van der Waals surface area contributed by atoms with Crippen molar-refractivity contribution in [2.45, 2.75) is 73.0 Å². The van der Waals surface area contributed by atoms with Crippen LogP contribution in [-0.2, 0) is 4.79 Å². The fraction of sp³-hybridized carbons (Fsp3) is 0.480. The van der Waals surface area contributed by atoms with E-state index in [0.29, 0.717) is 34.0 Å². The molecule has 1 unspecified atom stereocenters. The summed E-state index contributed by atoms with van der Waals surface area (Å²) in [5, 5.41) is 15.8. The molecule has 33 heavy (non-hydrogen) atoms. The van der Waals surface area contributed by atoms with Gasteiger partial charge in [0.2, 0.25) is 0 Å². The lowest BCUT2D eigenvalue weighted by atomic mass is 9.94. The minimum Gasteiger partial charge on any atom is -0.496 e. The first-order valence-corrected chi connectivity index (χ1v) is 12.3. The van der Waals surface area contributed by atoms with Crippen LogP contribution < -0.4 is 15.5 Å². The standard InChI is InChI=1S/C17H17BN4O2S.C4H10.2C2H6/c1-4-11(13-8-10(9-19)6-7-14(13)24-3)12(5-2)15(23)20-17-22-21-16(18)25-17;1-3-4-2;2*1-2/h5-8,16,21H,2,4H2,1,3H3,(H,20,22,23);3-4H2,1-2H3;2*1-2H3/b12-11-;;;. The Kier molecular flexibility index (Phi) is 19.7. The molecular weight excluding hydrogens is 431 g/mol. The smallest absolute Gasteiger partial charge is 0.257 e. The molecule has 1 atom stereocenters. The molecule has 0 saturated heterocycles. The summed E-state index contributed by atoms with van der Waals surface area (Å²) in [7, 11) is 7.21. The van der Waals surface area contributed by atoms with E-state index in [1.807, 2.05) is 34.6 Å². The summed E-state index contributed by atoms with van der Waals surface area (Å²) in [6.45, 7) is 18.0. The number of hydrazone groups is 1. The average molecular weight is 470 g/mol. The van der Waals surface area contributed by atoms with Crippen molar-refractivity contribution in [2.24, 2.45) is 5.10 Å². The summed E-state index contributed by atoms with van der Waals surface area (Å²) in [6, 6.07) is 7.18. The molecule has 1 aromatic carbocycles. The van der Waals surface area contributed by atoms with Gasteiger partial charge < -0.3 is 10.2 Å². The van der Waals surface area contributed by atoms with Crippen LogP contribution in [-0.4, -0.2) is 31.3 Å². The van der Waals surface area contributed by atoms with Gasteiger partial charge in [-0.05, 0) is 30.2 Å². The number of nitriles is 1. The summed E-state index contributed by atoms with van der Waals surface area (Å²) >= 11 is 1.21. The monoisotopic (exact) mass is 470 g/mol. The van der Waals surface area contributed by atoms with E-state index in [4.69, 9.17) is 17.8 Å². The van der Waals surface area contributed by atoms with Crippen molar-refractivity contribution in [3.05, 3.63) is 47.6 Å². The number of amidine groups is 1. The number of rotatable bonds is 6. The quantitative estimate of drug-likeness (QED) is 0.305. The van der Waals surface area contributed by atoms with Crippen molar-refractivity contribution in [1.29, 1.82) is 5.26 Å². The van der Waals surface area contributed by atoms with Crippen molar-refractivity contribution in [3.63, 3.8) is 0 Å². The minimum absolute atomic E-state index is 0.349. The van der Waals surface area contributed by atoms with Gasteiger partial charge in [0.25, 0.3) is 5.91 Å². The third kappa shape index (κ3) is 11.2. The zero-order chi connectivity index (χ0) is 25.8. The molecule has 1 amide bonds. The van der Waals surface area contributed by atoms with E-state index in [1.54, 1.807) is 25.3 Å². The van der Waals surface area contributed by atoms with Gasteiger partial charge in [-0.1, -0.05) is 85.7 Å². The number of hydrogen-bond donors (Lipinski definition) is 2. The maximum atomic E-state index is 12.7. The summed E-state index contributed by atoms with van der Waals surface area (Å²) in [6.07, 6.45) is 4.68.